The lowest BCUT2D eigenvalue weighted by molar-refractivity contribution is -0.280. The fourth-order valence-corrected chi connectivity index (χ4v) is 1.81. The molecule has 2 N–H and O–H groups in total. The summed E-state index contributed by atoms with van der Waals surface area (Å²) in [6.45, 7) is 0. The highest BCUT2D eigenvalue weighted by Gasteiger charge is 2.66. The minimum Gasteiger partial charge on any atom is -0.478 e. The second kappa shape index (κ2) is 6.86. The summed E-state index contributed by atoms with van der Waals surface area (Å²) >= 11 is 0. The molecule has 16 heteroatoms. The van der Waals surface area contributed by atoms with Crippen molar-refractivity contribution in [1.82, 2.24) is 0 Å². The van der Waals surface area contributed by atoms with Gasteiger partial charge in [-0.05, 0) is 0 Å². The normalized spacial score (nSPS) is 15.3. The molecule has 0 unspecified atom stereocenters. The molecular formula is C10H4F12O4. The van der Waals surface area contributed by atoms with Gasteiger partial charge in [-0.25, -0.2) is 9.59 Å². The van der Waals surface area contributed by atoms with Crippen LogP contribution in [0.2, 0.25) is 0 Å². The average molecular weight is 416 g/mol. The molecule has 152 valence electrons. The van der Waals surface area contributed by atoms with Gasteiger partial charge in [0.05, 0.1) is 11.1 Å². The fourth-order valence-electron chi connectivity index (χ4n) is 1.81. The summed E-state index contributed by atoms with van der Waals surface area (Å²) in [5.74, 6) is -18.0. The molecule has 0 heterocycles. The molecule has 0 rings (SSSR count). The molecule has 0 aliphatic carbocycles. The first-order valence-electron chi connectivity index (χ1n) is 5.61. The average Bonchev–Trinajstić information content (AvgIpc) is 2.25. The summed E-state index contributed by atoms with van der Waals surface area (Å²) in [5.41, 5.74) is -7.28. The first-order valence-corrected chi connectivity index (χ1v) is 5.61. The van der Waals surface area contributed by atoms with Gasteiger partial charge in [-0.3, -0.25) is 0 Å². The van der Waals surface area contributed by atoms with Crippen molar-refractivity contribution < 1.29 is 72.5 Å². The van der Waals surface area contributed by atoms with E-state index < -0.39 is 59.6 Å². The Kier molecular flexibility index (Phi) is 6.29. The largest absolute Gasteiger partial charge is 0.478 e. The Labute approximate surface area is 133 Å². The van der Waals surface area contributed by atoms with Crippen LogP contribution in [0.5, 0.6) is 0 Å². The van der Waals surface area contributed by atoms with Crippen molar-refractivity contribution in [3.8, 4) is 0 Å². The van der Waals surface area contributed by atoms with Gasteiger partial charge in [0.15, 0.2) is 11.8 Å². The minimum atomic E-state index is -6.76. The molecule has 0 bridgehead atoms. The quantitative estimate of drug-likeness (QED) is 0.538. The second-order valence-corrected chi connectivity index (χ2v) is 4.47. The number of hydrogen-bond acceptors (Lipinski definition) is 2. The third-order valence-corrected chi connectivity index (χ3v) is 2.64. The molecule has 0 saturated heterocycles. The van der Waals surface area contributed by atoms with Crippen LogP contribution in [0.15, 0.2) is 11.1 Å². The molecular weight excluding hydrogens is 412 g/mol. The van der Waals surface area contributed by atoms with Crippen LogP contribution in [0.4, 0.5) is 52.7 Å². The Bertz CT molecular complexity index is 511. The standard InChI is InChI=1S/C10H4F12O4/c11-7(12,13)3(8(14,15)16)1(5(23)24)2(6(25)26)4(9(17,18)19)10(20,21)22/h3-4H,(H,23,24)(H,25,26)/b2-1+. The summed E-state index contributed by atoms with van der Waals surface area (Å²) in [5, 5.41) is 16.8. The molecule has 0 amide bonds. The lowest BCUT2D eigenvalue weighted by atomic mass is 9.85. The van der Waals surface area contributed by atoms with Crippen molar-refractivity contribution in [2.75, 3.05) is 0 Å². The predicted octanol–water partition coefficient (Wildman–Crippen LogP) is 3.93. The van der Waals surface area contributed by atoms with Gasteiger partial charge in [0.25, 0.3) is 0 Å². The smallest absolute Gasteiger partial charge is 0.404 e. The summed E-state index contributed by atoms with van der Waals surface area (Å²) in [6, 6.07) is 0. The third-order valence-electron chi connectivity index (χ3n) is 2.64. The summed E-state index contributed by atoms with van der Waals surface area (Å²) < 4.78 is 150. The Hall–Kier alpha value is -2.16. The number of hydrogen-bond donors (Lipinski definition) is 2. The first-order chi connectivity index (χ1) is 11.1. The maximum absolute atomic E-state index is 12.5. The number of alkyl halides is 12. The highest BCUT2D eigenvalue weighted by molar-refractivity contribution is 6.00. The highest BCUT2D eigenvalue weighted by atomic mass is 19.4. The topological polar surface area (TPSA) is 74.6 Å². The van der Waals surface area contributed by atoms with Gasteiger partial charge in [-0.15, -0.1) is 0 Å². The Morgan fingerprint density at radius 3 is 0.731 bits per heavy atom. The van der Waals surface area contributed by atoms with Gasteiger partial charge in [-0.1, -0.05) is 0 Å². The highest BCUT2D eigenvalue weighted by Crippen LogP contribution is 2.50. The zero-order valence-electron chi connectivity index (χ0n) is 11.4. The number of carbonyl (C=O) groups is 2. The van der Waals surface area contributed by atoms with Crippen molar-refractivity contribution in [2.45, 2.75) is 24.7 Å². The number of halogens is 12. The summed E-state index contributed by atoms with van der Waals surface area (Å²) in [6.07, 6.45) is -27.0. The monoisotopic (exact) mass is 416 g/mol. The number of carboxylic acids is 2. The van der Waals surface area contributed by atoms with Gasteiger partial charge >= 0.3 is 36.6 Å². The zero-order valence-corrected chi connectivity index (χ0v) is 11.4. The molecule has 0 radical (unpaired) electrons. The van der Waals surface area contributed by atoms with Crippen molar-refractivity contribution >= 4 is 11.9 Å². The molecule has 0 spiro atoms. The number of carboxylic acid groups (broad SMARTS) is 2. The molecule has 4 nitrogen and oxygen atoms in total. The van der Waals surface area contributed by atoms with Crippen molar-refractivity contribution in [3.05, 3.63) is 11.1 Å². The van der Waals surface area contributed by atoms with E-state index in [4.69, 9.17) is 10.2 Å². The first kappa shape index (κ1) is 23.8. The summed E-state index contributed by atoms with van der Waals surface area (Å²) in [4.78, 5) is 21.4. The van der Waals surface area contributed by atoms with E-state index in [1.807, 2.05) is 0 Å². The van der Waals surface area contributed by atoms with Gasteiger partial charge in [-0.2, -0.15) is 52.7 Å². The molecule has 0 fully saturated rings. The molecule has 26 heavy (non-hydrogen) atoms. The van der Waals surface area contributed by atoms with Gasteiger partial charge in [0.2, 0.25) is 0 Å². The van der Waals surface area contributed by atoms with Crippen molar-refractivity contribution in [1.29, 1.82) is 0 Å². The number of rotatable bonds is 4. The maximum Gasteiger partial charge on any atom is 0.404 e. The van der Waals surface area contributed by atoms with Crippen LogP contribution >= 0.6 is 0 Å². The van der Waals surface area contributed by atoms with Crippen molar-refractivity contribution in [3.63, 3.8) is 0 Å². The third kappa shape index (κ3) is 5.42. The predicted molar refractivity (Wildman–Crippen MR) is 53.5 cm³/mol. The van der Waals surface area contributed by atoms with Gasteiger partial charge < -0.3 is 10.2 Å². The van der Waals surface area contributed by atoms with E-state index >= 15 is 0 Å². The second-order valence-electron chi connectivity index (χ2n) is 4.47. The molecule has 0 aromatic rings. The van der Waals surface area contributed by atoms with E-state index in [0.29, 0.717) is 0 Å². The lowest BCUT2D eigenvalue weighted by Crippen LogP contribution is -2.46. The van der Waals surface area contributed by atoms with Crippen LogP contribution in [-0.4, -0.2) is 46.9 Å². The Morgan fingerprint density at radius 2 is 0.654 bits per heavy atom. The molecule has 0 aromatic carbocycles. The van der Waals surface area contributed by atoms with E-state index in [0.717, 1.165) is 0 Å². The van der Waals surface area contributed by atoms with E-state index in [1.165, 1.54) is 0 Å². The van der Waals surface area contributed by atoms with E-state index in [-0.39, 0.29) is 0 Å². The SMILES string of the molecule is O=C(O)/C(=C(/C(=O)O)C(C(F)(F)F)C(F)(F)F)C(C(F)(F)F)C(F)(F)F. The van der Waals surface area contributed by atoms with E-state index in [1.54, 1.807) is 0 Å². The molecule has 0 aliphatic heterocycles. The van der Waals surface area contributed by atoms with Crippen LogP contribution in [-0.2, 0) is 9.59 Å². The van der Waals surface area contributed by atoms with Gasteiger partial charge in [0, 0.05) is 0 Å². The molecule has 0 aliphatic rings. The molecule has 0 atom stereocenters. The Morgan fingerprint density at radius 1 is 0.500 bits per heavy atom. The van der Waals surface area contributed by atoms with E-state index in [9.17, 15) is 62.3 Å². The van der Waals surface area contributed by atoms with Crippen molar-refractivity contribution in [2.24, 2.45) is 11.8 Å². The van der Waals surface area contributed by atoms with Crippen LogP contribution < -0.4 is 0 Å². The van der Waals surface area contributed by atoms with Crippen LogP contribution in [0, 0.1) is 11.8 Å². The van der Waals surface area contributed by atoms with Crippen LogP contribution in [0.1, 0.15) is 0 Å². The summed E-state index contributed by atoms with van der Waals surface area (Å²) in [7, 11) is 0. The van der Waals surface area contributed by atoms with Crippen LogP contribution in [0.25, 0.3) is 0 Å². The number of aliphatic carboxylic acids is 2. The van der Waals surface area contributed by atoms with Crippen LogP contribution in [0.3, 0.4) is 0 Å². The lowest BCUT2D eigenvalue weighted by Gasteiger charge is -2.29. The van der Waals surface area contributed by atoms with Gasteiger partial charge in [0.1, 0.15) is 0 Å². The molecule has 0 saturated carbocycles. The zero-order chi connectivity index (χ0) is 21.5. The molecule has 0 aromatic heterocycles. The fraction of sp³-hybridized carbons (Fsp3) is 0.600. The maximum atomic E-state index is 12.5. The Balaban J connectivity index is 7.31. The van der Waals surface area contributed by atoms with E-state index in [2.05, 4.69) is 0 Å². The minimum absolute atomic E-state index is 3.57.